The first kappa shape index (κ1) is 13.7. The summed E-state index contributed by atoms with van der Waals surface area (Å²) in [6, 6.07) is -0.644. The first-order valence-electron chi connectivity index (χ1n) is 4.30. The van der Waals surface area contributed by atoms with Gasteiger partial charge in [-0.25, -0.2) is 4.79 Å². The van der Waals surface area contributed by atoms with Crippen LogP contribution in [0.25, 0.3) is 0 Å². The minimum atomic E-state index is -0.644. The fourth-order valence-corrected chi connectivity index (χ4v) is 0.871. The molecule has 0 unspecified atom stereocenters. The van der Waals surface area contributed by atoms with Crippen LogP contribution in [-0.4, -0.2) is 37.4 Å². The maximum atomic E-state index is 11.0. The lowest BCUT2D eigenvalue weighted by Gasteiger charge is -2.04. The van der Waals surface area contributed by atoms with Crippen molar-refractivity contribution in [1.29, 1.82) is 0 Å². The van der Waals surface area contributed by atoms with E-state index in [1.165, 1.54) is 7.11 Å². The van der Waals surface area contributed by atoms with Crippen LogP contribution in [0.4, 0.5) is 4.79 Å². The van der Waals surface area contributed by atoms with Crippen LogP contribution in [0.5, 0.6) is 0 Å². The number of rotatable bonds is 5. The minimum Gasteiger partial charge on any atom is -0.469 e. The van der Waals surface area contributed by atoms with Crippen molar-refractivity contribution in [2.45, 2.75) is 12.8 Å². The topological polar surface area (TPSA) is 84.5 Å². The van der Waals surface area contributed by atoms with Gasteiger partial charge in [0.15, 0.2) is 0 Å². The summed E-state index contributed by atoms with van der Waals surface area (Å²) in [7, 11) is 1.26. The van der Waals surface area contributed by atoms with E-state index in [1.807, 2.05) is 5.32 Å². The van der Waals surface area contributed by atoms with Crippen molar-refractivity contribution in [1.82, 2.24) is 10.6 Å². The molecular formula is C8H13ClN2O4. The Morgan fingerprint density at radius 2 is 1.93 bits per heavy atom. The molecule has 0 aliphatic carbocycles. The third-order valence-corrected chi connectivity index (χ3v) is 1.61. The van der Waals surface area contributed by atoms with Crippen molar-refractivity contribution in [3.63, 3.8) is 0 Å². The first-order chi connectivity index (χ1) is 7.10. The number of alkyl halides is 1. The van der Waals surface area contributed by atoms with Gasteiger partial charge in [-0.15, -0.1) is 11.6 Å². The van der Waals surface area contributed by atoms with E-state index in [4.69, 9.17) is 11.6 Å². The zero-order chi connectivity index (χ0) is 11.7. The van der Waals surface area contributed by atoms with E-state index in [2.05, 4.69) is 10.1 Å². The van der Waals surface area contributed by atoms with Gasteiger partial charge in [0, 0.05) is 18.8 Å². The SMILES string of the molecule is COC(=O)CCNC(=O)NC(=O)CCCl. The van der Waals surface area contributed by atoms with Gasteiger partial charge in [0.2, 0.25) is 5.91 Å². The van der Waals surface area contributed by atoms with Gasteiger partial charge < -0.3 is 10.1 Å². The fourth-order valence-electron chi connectivity index (χ4n) is 0.699. The molecule has 0 aromatic carbocycles. The molecule has 0 saturated carbocycles. The van der Waals surface area contributed by atoms with Crippen LogP contribution in [0.15, 0.2) is 0 Å². The molecule has 0 spiro atoms. The van der Waals surface area contributed by atoms with Gasteiger partial charge in [0.1, 0.15) is 0 Å². The second-order valence-electron chi connectivity index (χ2n) is 2.57. The van der Waals surface area contributed by atoms with E-state index >= 15 is 0 Å². The molecule has 7 heteroatoms. The molecule has 0 aliphatic rings. The number of urea groups is 1. The summed E-state index contributed by atoms with van der Waals surface area (Å²) in [6.45, 7) is 0.118. The normalized spacial score (nSPS) is 9.20. The number of esters is 1. The monoisotopic (exact) mass is 236 g/mol. The van der Waals surface area contributed by atoms with Gasteiger partial charge in [-0.2, -0.15) is 0 Å². The highest BCUT2D eigenvalue weighted by atomic mass is 35.5. The Balaban J connectivity index is 3.57. The average molecular weight is 237 g/mol. The molecule has 0 aromatic heterocycles. The molecule has 0 bridgehead atoms. The lowest BCUT2D eigenvalue weighted by molar-refractivity contribution is -0.140. The number of hydrogen-bond donors (Lipinski definition) is 2. The van der Waals surface area contributed by atoms with Gasteiger partial charge in [-0.1, -0.05) is 0 Å². The number of methoxy groups -OCH3 is 1. The number of imide groups is 1. The highest BCUT2D eigenvalue weighted by Crippen LogP contribution is 1.84. The molecular weight excluding hydrogens is 224 g/mol. The van der Waals surface area contributed by atoms with Gasteiger partial charge in [-0.05, 0) is 0 Å². The number of carbonyl (C=O) groups excluding carboxylic acids is 3. The molecule has 0 atom stereocenters. The molecule has 6 nitrogen and oxygen atoms in total. The minimum absolute atomic E-state index is 0.0631. The first-order valence-corrected chi connectivity index (χ1v) is 4.84. The van der Waals surface area contributed by atoms with Crippen LogP contribution in [-0.2, 0) is 14.3 Å². The quantitative estimate of drug-likeness (QED) is 0.520. The van der Waals surface area contributed by atoms with E-state index in [0.29, 0.717) is 0 Å². The van der Waals surface area contributed by atoms with Crippen LogP contribution in [0.2, 0.25) is 0 Å². The van der Waals surface area contributed by atoms with Gasteiger partial charge >= 0.3 is 12.0 Å². The lowest BCUT2D eigenvalue weighted by Crippen LogP contribution is -2.40. The van der Waals surface area contributed by atoms with E-state index in [1.54, 1.807) is 0 Å². The van der Waals surface area contributed by atoms with E-state index < -0.39 is 17.9 Å². The largest absolute Gasteiger partial charge is 0.469 e. The third kappa shape index (κ3) is 7.75. The summed E-state index contributed by atoms with van der Waals surface area (Å²) in [5, 5.41) is 4.37. The van der Waals surface area contributed by atoms with Crippen molar-refractivity contribution in [3.8, 4) is 0 Å². The Labute approximate surface area is 92.3 Å². The molecule has 0 aliphatic heterocycles. The van der Waals surface area contributed by atoms with Crippen molar-refractivity contribution >= 4 is 29.5 Å². The van der Waals surface area contributed by atoms with Crippen molar-refractivity contribution in [2.75, 3.05) is 19.5 Å². The average Bonchev–Trinajstić information content (AvgIpc) is 2.17. The van der Waals surface area contributed by atoms with Gasteiger partial charge in [0.05, 0.1) is 13.5 Å². The summed E-state index contributed by atoms with van der Waals surface area (Å²) < 4.78 is 4.36. The maximum absolute atomic E-state index is 11.0. The molecule has 3 amide bonds. The zero-order valence-electron chi connectivity index (χ0n) is 8.34. The zero-order valence-corrected chi connectivity index (χ0v) is 9.10. The third-order valence-electron chi connectivity index (χ3n) is 1.42. The van der Waals surface area contributed by atoms with Gasteiger partial charge in [0.25, 0.3) is 0 Å². The molecule has 0 fully saturated rings. The molecule has 86 valence electrons. The summed E-state index contributed by atoms with van der Waals surface area (Å²) in [6.07, 6.45) is 0.138. The lowest BCUT2D eigenvalue weighted by atomic mass is 10.4. The van der Waals surface area contributed by atoms with Crippen molar-refractivity contribution in [2.24, 2.45) is 0 Å². The van der Waals surface area contributed by atoms with Crippen molar-refractivity contribution < 1.29 is 19.1 Å². The number of hydrogen-bond acceptors (Lipinski definition) is 4. The Morgan fingerprint density at radius 3 is 2.47 bits per heavy atom. The number of nitrogens with one attached hydrogen (secondary N) is 2. The predicted molar refractivity (Wildman–Crippen MR) is 53.5 cm³/mol. The number of ether oxygens (including phenoxy) is 1. The standard InChI is InChI=1S/C8H13ClN2O4/c1-15-7(13)3-5-10-8(14)11-6(12)2-4-9/h2-5H2,1H3,(H2,10,11,12,14). The van der Waals surface area contributed by atoms with Gasteiger partial charge in [-0.3, -0.25) is 14.9 Å². The molecule has 2 N–H and O–H groups in total. The number of halogens is 1. The number of amides is 3. The molecule has 0 heterocycles. The fraction of sp³-hybridized carbons (Fsp3) is 0.625. The molecule has 0 aromatic rings. The Kier molecular flexibility index (Phi) is 7.35. The summed E-state index contributed by atoms with van der Waals surface area (Å²) in [5.74, 6) is -0.732. The predicted octanol–water partition coefficient (Wildman–Crippen LogP) is 0.00420. The van der Waals surface area contributed by atoms with Crippen LogP contribution in [0, 0.1) is 0 Å². The smallest absolute Gasteiger partial charge is 0.321 e. The highest BCUT2D eigenvalue weighted by Gasteiger charge is 2.07. The molecule has 0 radical (unpaired) electrons. The Bertz CT molecular complexity index is 245. The molecule has 15 heavy (non-hydrogen) atoms. The van der Waals surface area contributed by atoms with Crippen LogP contribution < -0.4 is 10.6 Å². The van der Waals surface area contributed by atoms with E-state index in [9.17, 15) is 14.4 Å². The van der Waals surface area contributed by atoms with Crippen LogP contribution in [0.3, 0.4) is 0 Å². The van der Waals surface area contributed by atoms with Crippen molar-refractivity contribution in [3.05, 3.63) is 0 Å². The Hall–Kier alpha value is -1.30. The highest BCUT2D eigenvalue weighted by molar-refractivity contribution is 6.19. The van der Waals surface area contributed by atoms with E-state index in [0.717, 1.165) is 0 Å². The number of carbonyl (C=O) groups is 3. The molecule has 0 rings (SSSR count). The molecule has 0 saturated heterocycles. The second-order valence-corrected chi connectivity index (χ2v) is 2.95. The van der Waals surface area contributed by atoms with E-state index in [-0.39, 0.29) is 25.3 Å². The summed E-state index contributed by atoms with van der Waals surface area (Å²) >= 11 is 5.29. The maximum Gasteiger partial charge on any atom is 0.321 e. The van der Waals surface area contributed by atoms with Crippen LogP contribution in [0.1, 0.15) is 12.8 Å². The Morgan fingerprint density at radius 1 is 1.27 bits per heavy atom. The van der Waals surface area contributed by atoms with Crippen LogP contribution >= 0.6 is 11.6 Å². The summed E-state index contributed by atoms with van der Waals surface area (Å²) in [5.41, 5.74) is 0. The second kappa shape index (κ2) is 8.05. The summed E-state index contributed by atoms with van der Waals surface area (Å²) in [4.78, 5) is 32.5.